The summed E-state index contributed by atoms with van der Waals surface area (Å²) in [4.78, 5) is 13.3. The van der Waals surface area contributed by atoms with Crippen molar-refractivity contribution in [1.82, 2.24) is 5.32 Å². The Morgan fingerprint density at radius 3 is 2.81 bits per heavy atom. The fraction of sp³-hybridized carbons (Fsp3) is 0.143. The maximum Gasteiger partial charge on any atom is 0.225 e. The number of nitriles is 1. The zero-order chi connectivity index (χ0) is 17.9. The average molecular weight is 377 g/mol. The van der Waals surface area contributed by atoms with Gasteiger partial charge in [0.15, 0.2) is 0 Å². The second-order valence-electron chi connectivity index (χ2n) is 6.10. The molecule has 1 amide bonds. The molecule has 4 rings (SSSR count). The molecule has 5 heteroatoms. The number of benzene rings is 2. The molecule has 0 radical (unpaired) electrons. The summed E-state index contributed by atoms with van der Waals surface area (Å²) in [7, 11) is 0. The van der Waals surface area contributed by atoms with Gasteiger partial charge in [-0.25, -0.2) is 0 Å². The van der Waals surface area contributed by atoms with Crippen LogP contribution in [0.15, 0.2) is 70.6 Å². The predicted molar refractivity (Wildman–Crippen MR) is 108 cm³/mol. The number of thioether (sulfide) groups is 1. The molecule has 1 aliphatic heterocycles. The number of carbonyl (C=O) groups is 1. The Labute approximate surface area is 160 Å². The van der Waals surface area contributed by atoms with Gasteiger partial charge >= 0.3 is 0 Å². The lowest BCUT2D eigenvalue weighted by molar-refractivity contribution is -0.120. The molecule has 1 aromatic heterocycles. The first-order valence-electron chi connectivity index (χ1n) is 8.33. The van der Waals surface area contributed by atoms with Crippen molar-refractivity contribution >= 4 is 39.8 Å². The van der Waals surface area contributed by atoms with Gasteiger partial charge in [-0.15, -0.1) is 23.1 Å². The molecule has 128 valence electrons. The summed E-state index contributed by atoms with van der Waals surface area (Å²) >= 11 is 3.13. The van der Waals surface area contributed by atoms with E-state index in [0.717, 1.165) is 4.88 Å². The molecule has 0 saturated carbocycles. The Kier molecular flexibility index (Phi) is 4.79. The van der Waals surface area contributed by atoms with E-state index in [1.54, 1.807) is 11.3 Å². The molecule has 0 aliphatic carbocycles. The molecule has 3 nitrogen and oxygen atoms in total. The van der Waals surface area contributed by atoms with E-state index >= 15 is 0 Å². The van der Waals surface area contributed by atoms with Gasteiger partial charge in [0, 0.05) is 23.0 Å². The van der Waals surface area contributed by atoms with Crippen LogP contribution in [0.2, 0.25) is 0 Å². The van der Waals surface area contributed by atoms with Crippen LogP contribution in [-0.2, 0) is 10.5 Å². The number of nitrogens with zero attached hydrogens (tertiary/aromatic N) is 1. The first-order valence-corrected chi connectivity index (χ1v) is 10.2. The number of hydrogen-bond donors (Lipinski definition) is 1. The Morgan fingerprint density at radius 1 is 1.15 bits per heavy atom. The number of rotatable bonds is 4. The quantitative estimate of drug-likeness (QED) is 0.683. The molecule has 0 unspecified atom stereocenters. The topological polar surface area (TPSA) is 52.9 Å². The monoisotopic (exact) mass is 376 g/mol. The lowest BCUT2D eigenvalue weighted by Gasteiger charge is -2.24. The van der Waals surface area contributed by atoms with Gasteiger partial charge in [-0.3, -0.25) is 4.79 Å². The Morgan fingerprint density at radius 2 is 2.00 bits per heavy atom. The minimum Gasteiger partial charge on any atom is -0.320 e. The van der Waals surface area contributed by atoms with Crippen LogP contribution >= 0.6 is 23.1 Å². The second kappa shape index (κ2) is 7.36. The van der Waals surface area contributed by atoms with Crippen LogP contribution in [0.1, 0.15) is 22.8 Å². The Hall–Kier alpha value is -2.55. The molecule has 0 fully saturated rings. The molecule has 26 heavy (non-hydrogen) atoms. The number of amides is 1. The summed E-state index contributed by atoms with van der Waals surface area (Å²) < 4.78 is 0. The van der Waals surface area contributed by atoms with E-state index in [9.17, 15) is 10.1 Å². The number of thiophene rings is 1. The summed E-state index contributed by atoms with van der Waals surface area (Å²) in [6, 6.07) is 20.8. The molecule has 2 heterocycles. The van der Waals surface area contributed by atoms with Gasteiger partial charge < -0.3 is 5.32 Å². The van der Waals surface area contributed by atoms with Crippen LogP contribution in [0.25, 0.3) is 10.8 Å². The number of carbonyl (C=O) groups excluding carboxylic acids is 1. The van der Waals surface area contributed by atoms with Crippen molar-refractivity contribution in [3.8, 4) is 6.07 Å². The summed E-state index contributed by atoms with van der Waals surface area (Å²) in [5.41, 5.74) is 1.86. The largest absolute Gasteiger partial charge is 0.320 e. The molecule has 2 aromatic carbocycles. The normalized spacial score (nSPS) is 17.2. The third-order valence-electron chi connectivity index (χ3n) is 4.49. The fourth-order valence-electron chi connectivity index (χ4n) is 3.23. The van der Waals surface area contributed by atoms with E-state index in [1.165, 1.54) is 28.1 Å². The van der Waals surface area contributed by atoms with Crippen molar-refractivity contribution in [2.45, 2.75) is 18.1 Å². The minimum atomic E-state index is -0.135. The van der Waals surface area contributed by atoms with Crippen LogP contribution in [0.4, 0.5) is 0 Å². The highest BCUT2D eigenvalue weighted by atomic mass is 32.2. The van der Waals surface area contributed by atoms with Gasteiger partial charge in [-0.1, -0.05) is 48.5 Å². The van der Waals surface area contributed by atoms with Crippen LogP contribution in [0.3, 0.4) is 0 Å². The number of hydrogen-bond acceptors (Lipinski definition) is 4. The smallest absolute Gasteiger partial charge is 0.225 e. The molecular formula is C21H16N2OS2. The van der Waals surface area contributed by atoms with E-state index in [2.05, 4.69) is 35.7 Å². The molecule has 3 aromatic rings. The highest BCUT2D eigenvalue weighted by molar-refractivity contribution is 8.02. The zero-order valence-corrected chi connectivity index (χ0v) is 15.6. The first kappa shape index (κ1) is 16.9. The summed E-state index contributed by atoms with van der Waals surface area (Å²) in [6.07, 6.45) is 0.335. The Bertz CT molecular complexity index is 1030. The van der Waals surface area contributed by atoms with Crippen LogP contribution in [0.5, 0.6) is 0 Å². The van der Waals surface area contributed by atoms with Crippen LogP contribution < -0.4 is 5.32 Å². The van der Waals surface area contributed by atoms with Gasteiger partial charge in [-0.05, 0) is 27.8 Å². The van der Waals surface area contributed by atoms with Crippen molar-refractivity contribution in [3.05, 3.63) is 81.0 Å². The van der Waals surface area contributed by atoms with E-state index < -0.39 is 0 Å². The fourth-order valence-corrected chi connectivity index (χ4v) is 5.15. The van der Waals surface area contributed by atoms with Gasteiger partial charge in [0.05, 0.1) is 16.7 Å². The second-order valence-corrected chi connectivity index (χ2v) is 8.07. The number of fused-ring (bicyclic) bond motifs is 1. The standard InChI is InChI=1S/C21H16N2OS2/c22-12-18-17(19-9-4-10-25-19)11-20(24)23-21(18)26-13-15-7-3-6-14-5-1-2-8-16(14)15/h1-10,17H,11,13H2,(H,23,24)/t17-/m1/s1. The highest BCUT2D eigenvalue weighted by Gasteiger charge is 2.30. The molecule has 1 N–H and O–H groups in total. The summed E-state index contributed by atoms with van der Waals surface area (Å²) in [6.45, 7) is 0. The zero-order valence-electron chi connectivity index (χ0n) is 13.9. The van der Waals surface area contributed by atoms with E-state index in [1.807, 2.05) is 35.7 Å². The van der Waals surface area contributed by atoms with E-state index in [4.69, 9.17) is 0 Å². The van der Waals surface area contributed by atoms with Crippen molar-refractivity contribution in [1.29, 1.82) is 5.26 Å². The molecule has 0 spiro atoms. The van der Waals surface area contributed by atoms with Gasteiger partial charge in [0.25, 0.3) is 0 Å². The first-order chi connectivity index (χ1) is 12.8. The maximum atomic E-state index is 12.2. The van der Waals surface area contributed by atoms with Crippen molar-refractivity contribution in [2.24, 2.45) is 0 Å². The maximum absolute atomic E-state index is 12.2. The van der Waals surface area contributed by atoms with Gasteiger partial charge in [0.1, 0.15) is 0 Å². The Balaban J connectivity index is 1.65. The van der Waals surface area contributed by atoms with E-state index in [0.29, 0.717) is 22.8 Å². The minimum absolute atomic E-state index is 0.0252. The third kappa shape index (κ3) is 3.26. The average Bonchev–Trinajstić information content (AvgIpc) is 3.20. The third-order valence-corrected chi connectivity index (χ3v) is 6.55. The molecule has 0 saturated heterocycles. The summed E-state index contributed by atoms with van der Waals surface area (Å²) in [5.74, 6) is 0.547. The molecule has 1 atom stereocenters. The van der Waals surface area contributed by atoms with Gasteiger partial charge in [-0.2, -0.15) is 5.26 Å². The van der Waals surface area contributed by atoms with E-state index in [-0.39, 0.29) is 11.8 Å². The SMILES string of the molecule is N#CC1=C(SCc2cccc3ccccc23)NC(=O)C[C@H]1c1cccs1. The molecule has 0 bridgehead atoms. The van der Waals surface area contributed by atoms with Crippen molar-refractivity contribution in [2.75, 3.05) is 0 Å². The van der Waals surface area contributed by atoms with Crippen molar-refractivity contribution < 1.29 is 4.79 Å². The number of nitrogens with one attached hydrogen (secondary N) is 1. The van der Waals surface area contributed by atoms with Gasteiger partial charge in [0.2, 0.25) is 5.91 Å². The summed E-state index contributed by atoms with van der Waals surface area (Å²) in [5, 5.41) is 17.7. The molecule has 1 aliphatic rings. The lowest BCUT2D eigenvalue weighted by Crippen LogP contribution is -2.30. The molecular weight excluding hydrogens is 360 g/mol. The predicted octanol–water partition coefficient (Wildman–Crippen LogP) is 5.17. The highest BCUT2D eigenvalue weighted by Crippen LogP contribution is 2.39. The van der Waals surface area contributed by atoms with Crippen LogP contribution in [-0.4, -0.2) is 5.91 Å². The number of allylic oxidation sites excluding steroid dienone is 1. The van der Waals surface area contributed by atoms with Crippen molar-refractivity contribution in [3.63, 3.8) is 0 Å². The van der Waals surface area contributed by atoms with Crippen LogP contribution in [0, 0.1) is 11.3 Å². The lowest BCUT2D eigenvalue weighted by atomic mass is 9.93.